The smallest absolute Gasteiger partial charge is 0.139 e. The van der Waals surface area contributed by atoms with Crippen LogP contribution in [0, 0.1) is 0 Å². The van der Waals surface area contributed by atoms with Crippen molar-refractivity contribution < 1.29 is 9.84 Å². The Kier molecular flexibility index (Phi) is 3.51. The summed E-state index contributed by atoms with van der Waals surface area (Å²) in [5.41, 5.74) is 0.772. The van der Waals surface area contributed by atoms with Gasteiger partial charge in [-0.3, -0.25) is 0 Å². The van der Waals surface area contributed by atoms with Crippen molar-refractivity contribution in [3.05, 3.63) is 27.2 Å². The number of morpholine rings is 1. The third-order valence-corrected chi connectivity index (χ3v) is 3.10. The number of benzene rings is 1. The molecule has 82 valence electrons. The summed E-state index contributed by atoms with van der Waals surface area (Å²) in [6.45, 7) is 2.05. The van der Waals surface area contributed by atoms with Crippen LogP contribution < -0.4 is 5.32 Å². The molecule has 1 heterocycles. The summed E-state index contributed by atoms with van der Waals surface area (Å²) in [4.78, 5) is 0. The fourth-order valence-electron chi connectivity index (χ4n) is 1.62. The summed E-state index contributed by atoms with van der Waals surface area (Å²) in [5.74, 6) is 0.128. The lowest BCUT2D eigenvalue weighted by Crippen LogP contribution is -2.34. The van der Waals surface area contributed by atoms with Crippen molar-refractivity contribution in [1.29, 1.82) is 0 Å². The predicted octanol–water partition coefficient (Wildman–Crippen LogP) is 2.47. The molecule has 0 unspecified atom stereocenters. The zero-order chi connectivity index (χ0) is 10.8. The third kappa shape index (κ3) is 2.45. The van der Waals surface area contributed by atoms with E-state index >= 15 is 0 Å². The largest absolute Gasteiger partial charge is 0.506 e. The van der Waals surface area contributed by atoms with E-state index in [1.165, 1.54) is 0 Å². The normalized spacial score (nSPS) is 21.6. The van der Waals surface area contributed by atoms with E-state index in [-0.39, 0.29) is 11.8 Å². The second-order valence-electron chi connectivity index (χ2n) is 3.41. The molecular formula is C10H11BrClNO2. The summed E-state index contributed by atoms with van der Waals surface area (Å²) in [6, 6.07) is 3.53. The number of halogens is 2. The average molecular weight is 293 g/mol. The first-order valence-electron chi connectivity index (χ1n) is 4.67. The highest BCUT2D eigenvalue weighted by Crippen LogP contribution is 2.35. The Balaban J connectivity index is 2.33. The molecule has 15 heavy (non-hydrogen) atoms. The molecule has 2 N–H and O–H groups in total. The molecular weight excluding hydrogens is 281 g/mol. The van der Waals surface area contributed by atoms with E-state index in [0.717, 1.165) is 16.6 Å². The Morgan fingerprint density at radius 2 is 2.33 bits per heavy atom. The molecule has 3 nitrogen and oxygen atoms in total. The maximum atomic E-state index is 9.83. The van der Waals surface area contributed by atoms with Crippen molar-refractivity contribution >= 4 is 27.5 Å². The molecule has 1 saturated heterocycles. The number of phenols is 1. The maximum absolute atomic E-state index is 9.83. The molecule has 1 aliphatic heterocycles. The van der Waals surface area contributed by atoms with E-state index in [0.29, 0.717) is 18.2 Å². The molecule has 0 radical (unpaired) electrons. The van der Waals surface area contributed by atoms with Crippen LogP contribution >= 0.6 is 27.5 Å². The Morgan fingerprint density at radius 1 is 1.53 bits per heavy atom. The van der Waals surface area contributed by atoms with E-state index in [2.05, 4.69) is 21.2 Å². The number of ether oxygens (including phenoxy) is 1. The molecule has 0 spiro atoms. The first-order chi connectivity index (χ1) is 7.18. The minimum atomic E-state index is 0.00810. The minimum absolute atomic E-state index is 0.00810. The highest BCUT2D eigenvalue weighted by atomic mass is 79.9. The molecule has 1 atom stereocenters. The van der Waals surface area contributed by atoms with Crippen molar-refractivity contribution in [3.8, 4) is 5.75 Å². The van der Waals surface area contributed by atoms with Crippen LogP contribution in [0.2, 0.25) is 5.02 Å². The highest BCUT2D eigenvalue weighted by molar-refractivity contribution is 9.10. The van der Waals surface area contributed by atoms with Crippen LogP contribution in [0.1, 0.15) is 11.6 Å². The SMILES string of the molecule is Oc1c(Cl)cc(Br)cc1[C@H]1COCCN1. The van der Waals surface area contributed by atoms with Crippen molar-refractivity contribution in [2.24, 2.45) is 0 Å². The number of phenolic OH excluding ortho intramolecular Hbond substituents is 1. The van der Waals surface area contributed by atoms with Gasteiger partial charge in [-0.1, -0.05) is 27.5 Å². The Morgan fingerprint density at radius 3 is 3.00 bits per heavy atom. The van der Waals surface area contributed by atoms with Gasteiger partial charge in [-0.15, -0.1) is 0 Å². The fraction of sp³-hybridized carbons (Fsp3) is 0.400. The first kappa shape index (κ1) is 11.2. The van der Waals surface area contributed by atoms with E-state index in [1.807, 2.05) is 6.07 Å². The molecule has 2 rings (SSSR count). The van der Waals surface area contributed by atoms with Gasteiger partial charge in [0.1, 0.15) is 5.75 Å². The molecule has 5 heteroatoms. The summed E-state index contributed by atoms with van der Waals surface area (Å²) < 4.78 is 6.19. The van der Waals surface area contributed by atoms with Crippen LogP contribution in [-0.4, -0.2) is 24.9 Å². The van der Waals surface area contributed by atoms with E-state index in [1.54, 1.807) is 6.07 Å². The van der Waals surface area contributed by atoms with Crippen LogP contribution in [0.3, 0.4) is 0 Å². The monoisotopic (exact) mass is 291 g/mol. The van der Waals surface area contributed by atoms with Crippen LogP contribution in [0.25, 0.3) is 0 Å². The summed E-state index contributed by atoms with van der Waals surface area (Å²) in [7, 11) is 0. The first-order valence-corrected chi connectivity index (χ1v) is 5.84. The van der Waals surface area contributed by atoms with Crippen molar-refractivity contribution in [2.75, 3.05) is 19.8 Å². The number of nitrogens with one attached hydrogen (secondary N) is 1. The van der Waals surface area contributed by atoms with Gasteiger partial charge in [-0.05, 0) is 12.1 Å². The Labute approximate surface area is 102 Å². The van der Waals surface area contributed by atoms with Gasteiger partial charge >= 0.3 is 0 Å². The molecule has 1 aliphatic rings. The van der Waals surface area contributed by atoms with Gasteiger partial charge in [0.05, 0.1) is 24.3 Å². The predicted molar refractivity (Wildman–Crippen MR) is 62.4 cm³/mol. The van der Waals surface area contributed by atoms with Gasteiger partial charge < -0.3 is 15.2 Å². The quantitative estimate of drug-likeness (QED) is 0.835. The van der Waals surface area contributed by atoms with Gasteiger partial charge in [0.15, 0.2) is 0 Å². The molecule has 0 saturated carbocycles. The summed E-state index contributed by atoms with van der Waals surface area (Å²) in [5, 5.41) is 13.4. The Bertz CT molecular complexity index is 367. The Hall–Kier alpha value is -0.290. The number of aromatic hydroxyl groups is 1. The molecule has 0 bridgehead atoms. The van der Waals surface area contributed by atoms with Crippen molar-refractivity contribution in [1.82, 2.24) is 5.32 Å². The van der Waals surface area contributed by atoms with Gasteiger partial charge in [0.2, 0.25) is 0 Å². The fourth-order valence-corrected chi connectivity index (χ4v) is 2.45. The minimum Gasteiger partial charge on any atom is -0.506 e. The van der Waals surface area contributed by atoms with Gasteiger partial charge in [-0.2, -0.15) is 0 Å². The number of hydrogen-bond acceptors (Lipinski definition) is 3. The zero-order valence-electron chi connectivity index (χ0n) is 7.96. The molecule has 0 amide bonds. The van der Waals surface area contributed by atoms with E-state index in [4.69, 9.17) is 16.3 Å². The van der Waals surface area contributed by atoms with Gasteiger partial charge in [0, 0.05) is 16.6 Å². The second-order valence-corrected chi connectivity index (χ2v) is 4.73. The summed E-state index contributed by atoms with van der Waals surface area (Å²) in [6.07, 6.45) is 0. The lowest BCUT2D eigenvalue weighted by atomic mass is 10.1. The highest BCUT2D eigenvalue weighted by Gasteiger charge is 2.20. The molecule has 1 aromatic rings. The second kappa shape index (κ2) is 4.70. The number of hydrogen-bond donors (Lipinski definition) is 2. The van der Waals surface area contributed by atoms with Gasteiger partial charge in [0.25, 0.3) is 0 Å². The molecule has 0 aliphatic carbocycles. The van der Waals surface area contributed by atoms with Crippen LogP contribution in [-0.2, 0) is 4.74 Å². The van der Waals surface area contributed by atoms with Crippen molar-refractivity contribution in [2.45, 2.75) is 6.04 Å². The van der Waals surface area contributed by atoms with Crippen molar-refractivity contribution in [3.63, 3.8) is 0 Å². The lowest BCUT2D eigenvalue weighted by molar-refractivity contribution is 0.0761. The van der Waals surface area contributed by atoms with Crippen LogP contribution in [0.4, 0.5) is 0 Å². The van der Waals surface area contributed by atoms with Gasteiger partial charge in [-0.25, -0.2) is 0 Å². The van der Waals surface area contributed by atoms with E-state index in [9.17, 15) is 5.11 Å². The zero-order valence-corrected chi connectivity index (χ0v) is 10.3. The average Bonchev–Trinajstić information content (AvgIpc) is 2.24. The summed E-state index contributed by atoms with van der Waals surface area (Å²) >= 11 is 9.24. The topological polar surface area (TPSA) is 41.5 Å². The van der Waals surface area contributed by atoms with E-state index < -0.39 is 0 Å². The van der Waals surface area contributed by atoms with Crippen LogP contribution in [0.5, 0.6) is 5.75 Å². The van der Waals surface area contributed by atoms with Crippen LogP contribution in [0.15, 0.2) is 16.6 Å². The molecule has 1 fully saturated rings. The third-order valence-electron chi connectivity index (χ3n) is 2.35. The maximum Gasteiger partial charge on any atom is 0.139 e. The molecule has 1 aromatic carbocycles. The number of rotatable bonds is 1. The standard InChI is InChI=1S/C10H11BrClNO2/c11-6-3-7(10(14)8(12)4-6)9-5-15-2-1-13-9/h3-4,9,13-14H,1-2,5H2/t9-/m1/s1. The molecule has 0 aromatic heterocycles. The lowest BCUT2D eigenvalue weighted by Gasteiger charge is -2.25.